The number of hydrogen-bond acceptors (Lipinski definition) is 2. The van der Waals surface area contributed by atoms with Gasteiger partial charge >= 0.3 is 0 Å². The van der Waals surface area contributed by atoms with Gasteiger partial charge in [-0.05, 0) is 43.2 Å². The molecule has 0 amide bonds. The largest absolute Gasteiger partial charge is 0.497 e. The number of hydrogen-bond donors (Lipinski definition) is 0. The van der Waals surface area contributed by atoms with Crippen molar-refractivity contribution < 1.29 is 4.74 Å². The minimum absolute atomic E-state index is 0.0710. The van der Waals surface area contributed by atoms with Gasteiger partial charge in [0.15, 0.2) is 0 Å². The van der Waals surface area contributed by atoms with E-state index in [1.807, 2.05) is 24.3 Å². The molecule has 0 saturated heterocycles. The molecule has 2 rings (SSSR count). The minimum atomic E-state index is -0.0710. The maximum Gasteiger partial charge on any atom is 0.118 e. The van der Waals surface area contributed by atoms with Gasteiger partial charge in [-0.15, -0.1) is 22.9 Å². The van der Waals surface area contributed by atoms with Crippen molar-refractivity contribution in [2.45, 2.75) is 19.2 Å². The van der Waals surface area contributed by atoms with Gasteiger partial charge in [-0.2, -0.15) is 0 Å². The van der Waals surface area contributed by atoms with Crippen LogP contribution in [-0.4, -0.2) is 7.11 Å². The van der Waals surface area contributed by atoms with Crippen LogP contribution >= 0.6 is 22.9 Å². The van der Waals surface area contributed by atoms with Crippen molar-refractivity contribution in [2.75, 3.05) is 7.11 Å². The molecule has 0 aliphatic carbocycles. The quantitative estimate of drug-likeness (QED) is 0.732. The van der Waals surface area contributed by atoms with E-state index >= 15 is 0 Å². The average Bonchev–Trinajstić information content (AvgIpc) is 2.69. The van der Waals surface area contributed by atoms with Crippen molar-refractivity contribution in [3.05, 3.63) is 51.2 Å². The van der Waals surface area contributed by atoms with Crippen molar-refractivity contribution >= 4 is 22.9 Å². The molecule has 1 unspecified atom stereocenters. The zero-order valence-corrected chi connectivity index (χ0v) is 11.7. The second-order valence-corrected chi connectivity index (χ2v) is 5.75. The highest BCUT2D eigenvalue weighted by Gasteiger charge is 2.14. The van der Waals surface area contributed by atoms with E-state index in [9.17, 15) is 0 Å². The molecule has 1 atom stereocenters. The van der Waals surface area contributed by atoms with Crippen LogP contribution in [0.1, 0.15) is 26.3 Å². The third-order valence-electron chi connectivity index (χ3n) is 2.84. The molecule has 90 valence electrons. The first-order chi connectivity index (χ1) is 8.11. The SMILES string of the molecule is COc1ccc(C(Cl)c2cc(C)c(C)s2)cc1. The highest BCUT2D eigenvalue weighted by Crippen LogP contribution is 2.35. The number of halogens is 1. The van der Waals surface area contributed by atoms with Crippen molar-refractivity contribution in [3.63, 3.8) is 0 Å². The first-order valence-corrected chi connectivity index (χ1v) is 6.72. The van der Waals surface area contributed by atoms with Crippen molar-refractivity contribution in [3.8, 4) is 5.75 Å². The molecule has 0 aliphatic heterocycles. The predicted molar refractivity (Wildman–Crippen MR) is 74.5 cm³/mol. The smallest absolute Gasteiger partial charge is 0.118 e. The molecule has 2 aromatic rings. The predicted octanol–water partition coefficient (Wildman–Crippen LogP) is 4.70. The average molecular weight is 267 g/mol. The number of rotatable bonds is 3. The summed E-state index contributed by atoms with van der Waals surface area (Å²) in [6.07, 6.45) is 0. The lowest BCUT2D eigenvalue weighted by Crippen LogP contribution is -1.90. The number of thiophene rings is 1. The van der Waals surface area contributed by atoms with Crippen LogP contribution in [0.15, 0.2) is 30.3 Å². The van der Waals surface area contributed by atoms with E-state index < -0.39 is 0 Å². The van der Waals surface area contributed by atoms with E-state index in [0.29, 0.717) is 0 Å². The molecule has 17 heavy (non-hydrogen) atoms. The molecule has 0 saturated carbocycles. The van der Waals surface area contributed by atoms with Crippen molar-refractivity contribution in [1.29, 1.82) is 0 Å². The fourth-order valence-corrected chi connectivity index (χ4v) is 3.05. The van der Waals surface area contributed by atoms with Gasteiger partial charge in [-0.3, -0.25) is 0 Å². The van der Waals surface area contributed by atoms with Gasteiger partial charge in [0.1, 0.15) is 5.75 Å². The molecule has 1 heterocycles. The van der Waals surface area contributed by atoms with Crippen LogP contribution in [0.3, 0.4) is 0 Å². The lowest BCUT2D eigenvalue weighted by Gasteiger charge is -2.08. The minimum Gasteiger partial charge on any atom is -0.497 e. The number of ether oxygens (including phenoxy) is 1. The molecule has 0 bridgehead atoms. The standard InChI is InChI=1S/C14H15ClOS/c1-9-8-13(17-10(9)2)14(15)11-4-6-12(16-3)7-5-11/h4-8,14H,1-3H3. The van der Waals surface area contributed by atoms with E-state index in [4.69, 9.17) is 16.3 Å². The van der Waals surface area contributed by atoms with Gasteiger partial charge < -0.3 is 4.74 Å². The van der Waals surface area contributed by atoms with Gasteiger partial charge in [0.2, 0.25) is 0 Å². The summed E-state index contributed by atoms with van der Waals surface area (Å²) in [4.78, 5) is 2.53. The molecule has 0 fully saturated rings. The van der Waals surface area contributed by atoms with Crippen LogP contribution in [0, 0.1) is 13.8 Å². The summed E-state index contributed by atoms with van der Waals surface area (Å²) in [5.41, 5.74) is 2.41. The maximum absolute atomic E-state index is 6.48. The Morgan fingerprint density at radius 1 is 1.18 bits per heavy atom. The van der Waals surface area contributed by atoms with E-state index in [0.717, 1.165) is 11.3 Å². The topological polar surface area (TPSA) is 9.23 Å². The third-order valence-corrected chi connectivity index (χ3v) is 4.68. The number of methoxy groups -OCH3 is 1. The summed E-state index contributed by atoms with van der Waals surface area (Å²) in [5, 5.41) is -0.0710. The summed E-state index contributed by atoms with van der Waals surface area (Å²) >= 11 is 8.25. The van der Waals surface area contributed by atoms with Crippen molar-refractivity contribution in [1.82, 2.24) is 0 Å². The highest BCUT2D eigenvalue weighted by atomic mass is 35.5. The van der Waals surface area contributed by atoms with Crippen LogP contribution in [0.4, 0.5) is 0 Å². The lowest BCUT2D eigenvalue weighted by molar-refractivity contribution is 0.414. The molecule has 0 N–H and O–H groups in total. The molecular weight excluding hydrogens is 252 g/mol. The molecule has 1 nitrogen and oxygen atoms in total. The zero-order chi connectivity index (χ0) is 12.4. The second-order valence-electron chi connectivity index (χ2n) is 4.02. The number of benzene rings is 1. The van der Waals surface area contributed by atoms with E-state index in [1.165, 1.54) is 15.3 Å². The van der Waals surface area contributed by atoms with Crippen LogP contribution < -0.4 is 4.74 Å². The fraction of sp³-hybridized carbons (Fsp3) is 0.286. The normalized spacial score (nSPS) is 12.5. The summed E-state index contributed by atoms with van der Waals surface area (Å²) in [5.74, 6) is 0.858. The maximum atomic E-state index is 6.48. The number of alkyl halides is 1. The van der Waals surface area contributed by atoms with Crippen molar-refractivity contribution in [2.24, 2.45) is 0 Å². The molecule has 3 heteroatoms. The first kappa shape index (κ1) is 12.5. The van der Waals surface area contributed by atoms with Gasteiger partial charge in [-0.25, -0.2) is 0 Å². The summed E-state index contributed by atoms with van der Waals surface area (Å²) in [7, 11) is 1.67. The van der Waals surface area contributed by atoms with Crippen LogP contribution in [0.25, 0.3) is 0 Å². The molecule has 1 aromatic heterocycles. The van der Waals surface area contributed by atoms with Gasteiger partial charge in [-0.1, -0.05) is 12.1 Å². The molecular formula is C14H15ClOS. The lowest BCUT2D eigenvalue weighted by atomic mass is 10.1. The van der Waals surface area contributed by atoms with Gasteiger partial charge in [0.25, 0.3) is 0 Å². The molecule has 0 radical (unpaired) electrons. The first-order valence-electron chi connectivity index (χ1n) is 5.46. The van der Waals surface area contributed by atoms with Gasteiger partial charge in [0.05, 0.1) is 12.5 Å². The van der Waals surface area contributed by atoms with E-state index in [1.54, 1.807) is 18.4 Å². The van der Waals surface area contributed by atoms with E-state index in [-0.39, 0.29) is 5.38 Å². The summed E-state index contributed by atoms with van der Waals surface area (Å²) in [6, 6.07) is 10.1. The summed E-state index contributed by atoms with van der Waals surface area (Å²) in [6.45, 7) is 4.24. The summed E-state index contributed by atoms with van der Waals surface area (Å²) < 4.78 is 5.14. The van der Waals surface area contributed by atoms with E-state index in [2.05, 4.69) is 19.9 Å². The molecule has 0 aliphatic rings. The Labute approximate surface area is 111 Å². The Morgan fingerprint density at radius 2 is 1.82 bits per heavy atom. The number of aryl methyl sites for hydroxylation is 2. The third kappa shape index (κ3) is 2.64. The monoisotopic (exact) mass is 266 g/mol. The zero-order valence-electron chi connectivity index (χ0n) is 10.2. The van der Waals surface area contributed by atoms with Crippen LogP contribution in [0.2, 0.25) is 0 Å². The Bertz CT molecular complexity index is 482. The Hall–Kier alpha value is -0.990. The second kappa shape index (κ2) is 5.11. The Kier molecular flexibility index (Phi) is 3.75. The van der Waals surface area contributed by atoms with Crippen LogP contribution in [0.5, 0.6) is 5.75 Å². The Balaban J connectivity index is 2.26. The molecule has 1 aromatic carbocycles. The van der Waals surface area contributed by atoms with Crippen LogP contribution in [-0.2, 0) is 0 Å². The highest BCUT2D eigenvalue weighted by molar-refractivity contribution is 7.12. The Morgan fingerprint density at radius 3 is 2.29 bits per heavy atom. The fourth-order valence-electron chi connectivity index (χ4n) is 1.66. The van der Waals surface area contributed by atoms with Gasteiger partial charge in [0, 0.05) is 9.75 Å². The molecule has 0 spiro atoms.